The van der Waals surface area contributed by atoms with Crippen LogP contribution in [-0.4, -0.2) is 46.9 Å². The van der Waals surface area contributed by atoms with Crippen LogP contribution in [0.4, 0.5) is 5.82 Å². The van der Waals surface area contributed by atoms with Gasteiger partial charge in [-0.3, -0.25) is 4.57 Å². The van der Waals surface area contributed by atoms with Crippen LogP contribution in [0.15, 0.2) is 17.1 Å². The van der Waals surface area contributed by atoms with E-state index < -0.39 is 14.1 Å². The molecule has 2 heterocycles. The molecular weight excluding hydrogens is 341 g/mol. The molecule has 0 radical (unpaired) electrons. The van der Waals surface area contributed by atoms with Crippen LogP contribution in [0.2, 0.25) is 0 Å². The molecule has 1 aromatic rings. The van der Waals surface area contributed by atoms with Crippen LogP contribution in [0, 0.1) is 0 Å². The van der Waals surface area contributed by atoms with Crippen LogP contribution in [-0.2, 0) is 18.5 Å². The van der Waals surface area contributed by atoms with E-state index in [0.717, 1.165) is 0 Å². The Morgan fingerprint density at radius 1 is 1.48 bits per heavy atom. The third-order valence-electron chi connectivity index (χ3n) is 2.89. The molecule has 1 fully saturated rings. The number of rotatable bonds is 9. The van der Waals surface area contributed by atoms with Crippen molar-refractivity contribution in [2.45, 2.75) is 25.5 Å². The van der Waals surface area contributed by atoms with Gasteiger partial charge in [-0.1, -0.05) is 0 Å². The average molecular weight is 363 g/mol. The fourth-order valence-electron chi connectivity index (χ4n) is 1.94. The van der Waals surface area contributed by atoms with Gasteiger partial charge in [-0.15, -0.1) is 11.8 Å². The summed E-state index contributed by atoms with van der Waals surface area (Å²) in [5.74, 6) is 0.863. The second-order valence-corrected chi connectivity index (χ2v) is 7.20. The lowest BCUT2D eigenvalue weighted by atomic mass is 10.5. The van der Waals surface area contributed by atoms with E-state index in [0.29, 0.717) is 31.9 Å². The minimum Gasteiger partial charge on any atom is -0.383 e. The maximum Gasteiger partial charge on any atom is 0.351 e. The largest absolute Gasteiger partial charge is 0.383 e. The molecule has 8 nitrogen and oxygen atoms in total. The number of anilines is 1. The summed E-state index contributed by atoms with van der Waals surface area (Å²) in [5.41, 5.74) is 4.94. The maximum atomic E-state index is 11.8. The van der Waals surface area contributed by atoms with Gasteiger partial charge in [0.1, 0.15) is 23.8 Å². The number of hydrogen-bond acceptors (Lipinski definition) is 8. The summed E-state index contributed by atoms with van der Waals surface area (Å²) in [6.07, 6.45) is 1.66. The normalized spacial score (nSPS) is 21.2. The molecule has 0 aliphatic carbocycles. The molecule has 2 unspecified atom stereocenters. The Bertz CT molecular complexity index is 541. The van der Waals surface area contributed by atoms with Crippen molar-refractivity contribution < 1.29 is 18.5 Å². The summed E-state index contributed by atoms with van der Waals surface area (Å²) in [7, 11) is -1.01. The van der Waals surface area contributed by atoms with Crippen molar-refractivity contribution in [3.63, 3.8) is 0 Å². The average Bonchev–Trinajstić information content (AvgIpc) is 2.96. The van der Waals surface area contributed by atoms with Gasteiger partial charge in [-0.05, 0) is 19.9 Å². The molecule has 0 amide bonds. The van der Waals surface area contributed by atoms with E-state index in [2.05, 4.69) is 4.98 Å². The Morgan fingerprint density at radius 2 is 2.22 bits per heavy atom. The van der Waals surface area contributed by atoms with E-state index in [9.17, 15) is 4.79 Å². The van der Waals surface area contributed by atoms with Crippen molar-refractivity contribution in [3.8, 4) is 0 Å². The number of nitrogens with two attached hydrogens (primary N) is 1. The highest BCUT2D eigenvalue weighted by Crippen LogP contribution is 2.38. The predicted octanol–water partition coefficient (Wildman–Crippen LogP) is 1.77. The van der Waals surface area contributed by atoms with Crippen LogP contribution in [0.3, 0.4) is 0 Å². The molecule has 2 N–H and O–H groups in total. The molecule has 1 aliphatic rings. The van der Waals surface area contributed by atoms with Gasteiger partial charge in [-0.2, -0.15) is 4.98 Å². The minimum absolute atomic E-state index is 0.135. The SMILES string of the molecule is CCOP(COCC1OC(n2ccc(N)nc2=O)CS1)OCC. The first-order valence-electron chi connectivity index (χ1n) is 7.36. The van der Waals surface area contributed by atoms with Gasteiger partial charge in [0.2, 0.25) is 0 Å². The number of nitrogens with zero attached hydrogens (tertiary/aromatic N) is 2. The maximum absolute atomic E-state index is 11.8. The quantitative estimate of drug-likeness (QED) is 0.663. The van der Waals surface area contributed by atoms with Gasteiger partial charge in [0.25, 0.3) is 0 Å². The lowest BCUT2D eigenvalue weighted by molar-refractivity contribution is -0.0193. The summed E-state index contributed by atoms with van der Waals surface area (Å²) in [5, 5.41) is 0. The van der Waals surface area contributed by atoms with E-state index in [1.807, 2.05) is 13.8 Å². The zero-order valence-corrected chi connectivity index (χ0v) is 14.9. The Hall–Kier alpha value is -0.700. The molecule has 1 saturated heterocycles. The summed E-state index contributed by atoms with van der Waals surface area (Å²) < 4.78 is 23.8. The zero-order valence-electron chi connectivity index (χ0n) is 13.2. The molecule has 1 aromatic heterocycles. The van der Waals surface area contributed by atoms with Crippen molar-refractivity contribution in [1.29, 1.82) is 0 Å². The van der Waals surface area contributed by atoms with Crippen LogP contribution < -0.4 is 11.4 Å². The number of nitrogen functional groups attached to an aromatic ring is 1. The first kappa shape index (κ1) is 18.6. The number of ether oxygens (including phenoxy) is 2. The van der Waals surface area contributed by atoms with Crippen molar-refractivity contribution in [2.75, 3.05) is 37.7 Å². The molecule has 0 saturated carbocycles. The summed E-state index contributed by atoms with van der Waals surface area (Å²) in [4.78, 5) is 15.5. The second-order valence-electron chi connectivity index (χ2n) is 4.56. The van der Waals surface area contributed by atoms with Gasteiger partial charge >= 0.3 is 5.69 Å². The predicted molar refractivity (Wildman–Crippen MR) is 90.3 cm³/mol. The van der Waals surface area contributed by atoms with E-state index in [1.54, 1.807) is 24.0 Å². The fourth-order valence-corrected chi connectivity index (χ4v) is 4.02. The van der Waals surface area contributed by atoms with Crippen molar-refractivity contribution in [2.24, 2.45) is 0 Å². The van der Waals surface area contributed by atoms with Gasteiger partial charge in [-0.25, -0.2) is 4.79 Å². The molecule has 0 spiro atoms. The van der Waals surface area contributed by atoms with Crippen molar-refractivity contribution in [1.82, 2.24) is 9.55 Å². The van der Waals surface area contributed by atoms with Crippen LogP contribution in [0.1, 0.15) is 20.1 Å². The lowest BCUT2D eigenvalue weighted by Gasteiger charge is -2.17. The molecule has 1 aliphatic heterocycles. The standard InChI is InChI=1S/C13H22N3O5PS/c1-3-19-22(20-4-2)9-18-7-12-21-11(8-23-12)16-6-5-10(14)15-13(16)17/h5-6,11-12H,3-4,7-9H2,1-2H3,(H2,14,15,17). The molecule has 130 valence electrons. The lowest BCUT2D eigenvalue weighted by Crippen LogP contribution is -2.28. The van der Waals surface area contributed by atoms with Crippen molar-refractivity contribution in [3.05, 3.63) is 22.7 Å². The van der Waals surface area contributed by atoms with E-state index >= 15 is 0 Å². The molecular formula is C13H22N3O5PS. The Kier molecular flexibility index (Phi) is 7.75. The van der Waals surface area contributed by atoms with Gasteiger partial charge in [0.15, 0.2) is 8.38 Å². The number of hydrogen-bond donors (Lipinski definition) is 1. The van der Waals surface area contributed by atoms with E-state index in [1.165, 1.54) is 4.57 Å². The third kappa shape index (κ3) is 5.70. The van der Waals surface area contributed by atoms with Crippen LogP contribution in [0.5, 0.6) is 0 Å². The highest BCUT2D eigenvalue weighted by atomic mass is 32.2. The Labute approximate surface area is 140 Å². The highest BCUT2D eigenvalue weighted by Gasteiger charge is 2.28. The summed E-state index contributed by atoms with van der Waals surface area (Å²) >= 11 is 1.60. The first-order chi connectivity index (χ1) is 11.1. The fraction of sp³-hybridized carbons (Fsp3) is 0.692. The molecule has 23 heavy (non-hydrogen) atoms. The van der Waals surface area contributed by atoms with Crippen molar-refractivity contribution >= 4 is 26.0 Å². The number of aromatic nitrogens is 2. The van der Waals surface area contributed by atoms with Gasteiger partial charge in [0, 0.05) is 11.9 Å². The van der Waals surface area contributed by atoms with Crippen LogP contribution >= 0.6 is 20.1 Å². The number of thioether (sulfide) groups is 1. The summed E-state index contributed by atoms with van der Waals surface area (Å²) in [6, 6.07) is 1.58. The smallest absolute Gasteiger partial charge is 0.351 e. The molecule has 2 atom stereocenters. The summed E-state index contributed by atoms with van der Waals surface area (Å²) in [6.45, 7) is 5.45. The second kappa shape index (κ2) is 9.56. The Morgan fingerprint density at radius 3 is 2.87 bits per heavy atom. The van der Waals surface area contributed by atoms with E-state index in [4.69, 9.17) is 24.3 Å². The minimum atomic E-state index is -1.01. The first-order valence-corrected chi connectivity index (χ1v) is 9.78. The third-order valence-corrected chi connectivity index (χ3v) is 5.47. The molecule has 0 bridgehead atoms. The van der Waals surface area contributed by atoms with Gasteiger partial charge in [0.05, 0.1) is 19.8 Å². The molecule has 0 aromatic carbocycles. The van der Waals surface area contributed by atoms with E-state index in [-0.39, 0.29) is 17.5 Å². The Balaban J connectivity index is 1.78. The monoisotopic (exact) mass is 363 g/mol. The van der Waals surface area contributed by atoms with Gasteiger partial charge < -0.3 is 24.3 Å². The van der Waals surface area contributed by atoms with Crippen LogP contribution in [0.25, 0.3) is 0 Å². The molecule has 10 heteroatoms. The molecule has 2 rings (SSSR count). The topological polar surface area (TPSA) is 97.8 Å². The zero-order chi connectivity index (χ0) is 16.7. The highest BCUT2D eigenvalue weighted by molar-refractivity contribution is 8.00.